The highest BCUT2D eigenvalue weighted by Gasteiger charge is 1.94. The third kappa shape index (κ3) is 5.21. The Morgan fingerprint density at radius 1 is 1.78 bits per heavy atom. The van der Waals surface area contributed by atoms with E-state index in [4.69, 9.17) is 0 Å². The number of allylic oxidation sites excluding steroid dienone is 3. The van der Waals surface area contributed by atoms with E-state index in [2.05, 4.69) is 6.58 Å². The molecule has 0 aliphatic heterocycles. The summed E-state index contributed by atoms with van der Waals surface area (Å²) in [5, 5.41) is 0. The summed E-state index contributed by atoms with van der Waals surface area (Å²) in [4.78, 5) is 0. The topological polar surface area (TPSA) is 0 Å². The van der Waals surface area contributed by atoms with Gasteiger partial charge in [-0.3, -0.25) is 0 Å². The van der Waals surface area contributed by atoms with Gasteiger partial charge in [-0.1, -0.05) is 13.5 Å². The Hall–Kier alpha value is -0.660. The molecule has 0 rings (SSSR count). The lowest BCUT2D eigenvalue weighted by Crippen LogP contribution is -1.89. The molecular weight excluding hydrogens is 122 g/mol. The van der Waals surface area contributed by atoms with Gasteiger partial charge in [0.15, 0.2) is 0 Å². The van der Waals surface area contributed by atoms with Gasteiger partial charge in [0.05, 0.1) is 0 Å². The Morgan fingerprint density at radius 2 is 2.33 bits per heavy atom. The lowest BCUT2D eigenvalue weighted by molar-refractivity contribution is 0.390. The van der Waals surface area contributed by atoms with Gasteiger partial charge in [-0.25, -0.2) is 8.78 Å². The first-order chi connectivity index (χ1) is 4.16. The minimum atomic E-state index is -1.04. The predicted octanol–water partition coefficient (Wildman–Crippen LogP) is 2.77. The average Bonchev–Trinajstić information content (AvgIpc) is 1.83. The van der Waals surface area contributed by atoms with Crippen molar-refractivity contribution in [2.75, 3.05) is 0 Å². The molecule has 0 spiro atoms. The van der Waals surface area contributed by atoms with E-state index in [9.17, 15) is 8.78 Å². The second-order valence-corrected chi connectivity index (χ2v) is 1.73. The van der Waals surface area contributed by atoms with Crippen molar-refractivity contribution in [3.05, 3.63) is 24.6 Å². The van der Waals surface area contributed by atoms with Gasteiger partial charge in [-0.2, -0.15) is 0 Å². The van der Waals surface area contributed by atoms with Crippen molar-refractivity contribution < 1.29 is 8.78 Å². The van der Waals surface area contributed by atoms with Gasteiger partial charge in [0.1, 0.15) is 12.0 Å². The van der Waals surface area contributed by atoms with Crippen molar-refractivity contribution in [2.45, 2.75) is 19.5 Å². The third-order valence-corrected chi connectivity index (χ3v) is 0.876. The summed E-state index contributed by atoms with van der Waals surface area (Å²) in [6.07, 6.45) is 1.53. The van der Waals surface area contributed by atoms with Crippen LogP contribution in [0.15, 0.2) is 24.6 Å². The highest BCUT2D eigenvalue weighted by Crippen LogP contribution is 2.01. The molecule has 0 saturated carbocycles. The van der Waals surface area contributed by atoms with Crippen molar-refractivity contribution in [1.29, 1.82) is 0 Å². The number of hydrogen-bond donors (Lipinski definition) is 0. The maximum absolute atomic E-state index is 12.2. The lowest BCUT2D eigenvalue weighted by atomic mass is 10.3. The van der Waals surface area contributed by atoms with E-state index in [0.717, 1.165) is 12.2 Å². The fraction of sp³-hybridized carbons (Fsp3) is 0.429. The number of hydrogen-bond acceptors (Lipinski definition) is 0. The average molecular weight is 132 g/mol. The van der Waals surface area contributed by atoms with Crippen LogP contribution in [-0.2, 0) is 0 Å². The SMILES string of the molecule is C=C(F)/C=C\C(F)CC. The molecule has 0 aromatic rings. The summed E-state index contributed by atoms with van der Waals surface area (Å²) < 4.78 is 23.9. The van der Waals surface area contributed by atoms with Crippen LogP contribution in [0.3, 0.4) is 0 Å². The first-order valence-electron chi connectivity index (χ1n) is 2.83. The zero-order chi connectivity index (χ0) is 7.28. The van der Waals surface area contributed by atoms with Crippen molar-refractivity contribution in [3.8, 4) is 0 Å². The zero-order valence-electron chi connectivity index (χ0n) is 5.40. The van der Waals surface area contributed by atoms with Crippen LogP contribution in [0.25, 0.3) is 0 Å². The van der Waals surface area contributed by atoms with E-state index in [1.54, 1.807) is 6.92 Å². The molecule has 0 radical (unpaired) electrons. The molecule has 0 heterocycles. The van der Waals surface area contributed by atoms with Crippen LogP contribution in [0.1, 0.15) is 13.3 Å². The molecule has 9 heavy (non-hydrogen) atoms. The van der Waals surface area contributed by atoms with E-state index in [1.807, 2.05) is 0 Å². The second kappa shape index (κ2) is 4.24. The largest absolute Gasteiger partial charge is 0.243 e. The zero-order valence-corrected chi connectivity index (χ0v) is 5.40. The summed E-state index contributed by atoms with van der Waals surface area (Å²) in [7, 11) is 0. The maximum atomic E-state index is 12.2. The molecule has 1 atom stereocenters. The molecule has 0 bridgehead atoms. The summed E-state index contributed by atoms with van der Waals surface area (Å²) in [6.45, 7) is 4.63. The Labute approximate surface area is 53.9 Å². The maximum Gasteiger partial charge on any atom is 0.118 e. The Morgan fingerprint density at radius 3 is 2.67 bits per heavy atom. The van der Waals surface area contributed by atoms with Gasteiger partial charge in [-0.05, 0) is 18.6 Å². The van der Waals surface area contributed by atoms with Crippen LogP contribution in [0.2, 0.25) is 0 Å². The monoisotopic (exact) mass is 132 g/mol. The van der Waals surface area contributed by atoms with Crippen LogP contribution >= 0.6 is 0 Å². The molecule has 0 aromatic carbocycles. The number of halogens is 2. The third-order valence-electron chi connectivity index (χ3n) is 0.876. The highest BCUT2D eigenvalue weighted by atomic mass is 19.1. The molecule has 0 nitrogen and oxygen atoms in total. The first-order valence-corrected chi connectivity index (χ1v) is 2.83. The van der Waals surface area contributed by atoms with Gasteiger partial charge in [0.25, 0.3) is 0 Å². The van der Waals surface area contributed by atoms with Gasteiger partial charge < -0.3 is 0 Å². The van der Waals surface area contributed by atoms with Crippen LogP contribution < -0.4 is 0 Å². The van der Waals surface area contributed by atoms with Crippen LogP contribution in [0.5, 0.6) is 0 Å². The molecule has 0 N–H and O–H groups in total. The van der Waals surface area contributed by atoms with Crippen LogP contribution in [0.4, 0.5) is 8.78 Å². The Kier molecular flexibility index (Phi) is 3.93. The number of rotatable bonds is 3. The second-order valence-electron chi connectivity index (χ2n) is 1.73. The van der Waals surface area contributed by atoms with Gasteiger partial charge in [0, 0.05) is 0 Å². The Balaban J connectivity index is 3.56. The van der Waals surface area contributed by atoms with Crippen molar-refractivity contribution in [2.24, 2.45) is 0 Å². The molecule has 1 unspecified atom stereocenters. The standard InChI is InChI=1S/C7H10F2/c1-3-7(9)5-4-6(2)8/h4-5,7H,2-3H2,1H3/b5-4-. The molecule has 0 amide bonds. The van der Waals surface area contributed by atoms with Crippen molar-refractivity contribution >= 4 is 0 Å². The van der Waals surface area contributed by atoms with Crippen LogP contribution in [-0.4, -0.2) is 6.17 Å². The molecule has 0 fully saturated rings. The van der Waals surface area contributed by atoms with E-state index in [0.29, 0.717) is 6.42 Å². The van der Waals surface area contributed by atoms with Crippen LogP contribution in [0, 0.1) is 0 Å². The first kappa shape index (κ1) is 8.34. The lowest BCUT2D eigenvalue weighted by Gasteiger charge is -1.92. The summed E-state index contributed by atoms with van der Waals surface area (Å²) in [5.74, 6) is -0.605. The fourth-order valence-electron chi connectivity index (χ4n) is 0.345. The van der Waals surface area contributed by atoms with Gasteiger partial charge in [0.2, 0.25) is 0 Å². The van der Waals surface area contributed by atoms with E-state index in [1.165, 1.54) is 0 Å². The molecule has 0 aliphatic carbocycles. The fourth-order valence-corrected chi connectivity index (χ4v) is 0.345. The predicted molar refractivity (Wildman–Crippen MR) is 34.6 cm³/mol. The van der Waals surface area contributed by atoms with Crippen molar-refractivity contribution in [3.63, 3.8) is 0 Å². The van der Waals surface area contributed by atoms with Gasteiger partial charge in [-0.15, -0.1) is 0 Å². The van der Waals surface area contributed by atoms with E-state index in [-0.39, 0.29) is 0 Å². The smallest absolute Gasteiger partial charge is 0.118 e. The molecule has 0 aliphatic rings. The molecule has 2 heteroatoms. The summed E-state index contributed by atoms with van der Waals surface area (Å²) in [6, 6.07) is 0. The van der Waals surface area contributed by atoms with Crippen molar-refractivity contribution in [1.82, 2.24) is 0 Å². The highest BCUT2D eigenvalue weighted by molar-refractivity contribution is 5.07. The molecule has 0 saturated heterocycles. The van der Waals surface area contributed by atoms with E-state index < -0.39 is 12.0 Å². The summed E-state index contributed by atoms with van der Waals surface area (Å²) in [5.41, 5.74) is 0. The van der Waals surface area contributed by atoms with E-state index >= 15 is 0 Å². The Bertz CT molecular complexity index is 116. The quantitative estimate of drug-likeness (QED) is 0.518. The molecule has 0 aromatic heterocycles. The molecular formula is C7H10F2. The minimum absolute atomic E-state index is 0.379. The van der Waals surface area contributed by atoms with Gasteiger partial charge >= 0.3 is 0 Å². The number of alkyl halides is 1. The normalized spacial score (nSPS) is 14.1. The summed E-state index contributed by atoms with van der Waals surface area (Å²) >= 11 is 0. The minimum Gasteiger partial charge on any atom is -0.243 e. The molecule has 52 valence electrons.